The van der Waals surface area contributed by atoms with E-state index in [1.54, 1.807) is 6.20 Å². The number of hydrogen-bond acceptors (Lipinski definition) is 6. The summed E-state index contributed by atoms with van der Waals surface area (Å²) >= 11 is 1.52. The van der Waals surface area contributed by atoms with Crippen LogP contribution in [0.4, 0.5) is 11.6 Å². The number of aromatic nitrogens is 3. The minimum absolute atomic E-state index is 0.142. The first kappa shape index (κ1) is 13.6. The molecule has 1 unspecified atom stereocenters. The summed E-state index contributed by atoms with van der Waals surface area (Å²) in [6, 6.07) is 6.01. The lowest BCUT2D eigenvalue weighted by atomic mass is 10.1. The lowest BCUT2D eigenvalue weighted by molar-refractivity contribution is 0.850. The largest absolute Gasteiger partial charge is 0.373 e. The summed E-state index contributed by atoms with van der Waals surface area (Å²) in [7, 11) is 1.85. The van der Waals surface area contributed by atoms with Crippen LogP contribution in [0.1, 0.15) is 18.5 Å². The van der Waals surface area contributed by atoms with Gasteiger partial charge in [0.15, 0.2) is 5.16 Å². The van der Waals surface area contributed by atoms with Crippen LogP contribution in [0.5, 0.6) is 0 Å². The van der Waals surface area contributed by atoms with Crippen molar-refractivity contribution in [3.8, 4) is 0 Å². The number of thioether (sulfide) groups is 1. The van der Waals surface area contributed by atoms with Crippen LogP contribution in [0.25, 0.3) is 0 Å². The van der Waals surface area contributed by atoms with E-state index < -0.39 is 0 Å². The first-order chi connectivity index (χ1) is 9.22. The van der Waals surface area contributed by atoms with Crippen LogP contribution in [-0.2, 0) is 0 Å². The molecule has 2 aromatic heterocycles. The maximum Gasteiger partial charge on any atom is 0.191 e. The molecule has 0 aliphatic carbocycles. The van der Waals surface area contributed by atoms with Crippen LogP contribution < -0.4 is 10.6 Å². The predicted octanol–water partition coefficient (Wildman–Crippen LogP) is 2.81. The molecule has 0 aliphatic heterocycles. The minimum atomic E-state index is 0.142. The average molecular weight is 275 g/mol. The van der Waals surface area contributed by atoms with Gasteiger partial charge in [-0.2, -0.15) is 0 Å². The van der Waals surface area contributed by atoms with E-state index in [1.165, 1.54) is 11.8 Å². The zero-order valence-electron chi connectivity index (χ0n) is 11.2. The molecule has 100 valence electrons. The smallest absolute Gasteiger partial charge is 0.191 e. The Bertz CT molecular complexity index is 510. The molecule has 2 rings (SSSR count). The topological polar surface area (TPSA) is 62.7 Å². The Morgan fingerprint density at radius 3 is 2.68 bits per heavy atom. The van der Waals surface area contributed by atoms with Crippen LogP contribution in [0.3, 0.4) is 0 Å². The molecule has 2 aromatic rings. The summed E-state index contributed by atoms with van der Waals surface area (Å²) in [5.74, 6) is 1.61. The number of nitrogens with zero attached hydrogens (tertiary/aromatic N) is 3. The van der Waals surface area contributed by atoms with E-state index in [-0.39, 0.29) is 6.04 Å². The van der Waals surface area contributed by atoms with Crippen LogP contribution in [-0.4, -0.2) is 28.3 Å². The number of rotatable bonds is 5. The van der Waals surface area contributed by atoms with Crippen molar-refractivity contribution in [3.05, 3.63) is 36.2 Å². The first-order valence-electron chi connectivity index (χ1n) is 6.00. The van der Waals surface area contributed by atoms with Crippen molar-refractivity contribution in [3.63, 3.8) is 0 Å². The van der Waals surface area contributed by atoms with Gasteiger partial charge in [0.25, 0.3) is 0 Å². The lowest BCUT2D eigenvalue weighted by Gasteiger charge is -2.15. The Labute approximate surface area is 117 Å². The van der Waals surface area contributed by atoms with Crippen LogP contribution in [0.2, 0.25) is 0 Å². The molecule has 2 heterocycles. The zero-order valence-corrected chi connectivity index (χ0v) is 12.0. The van der Waals surface area contributed by atoms with Crippen molar-refractivity contribution in [2.45, 2.75) is 18.1 Å². The minimum Gasteiger partial charge on any atom is -0.373 e. The second-order valence-electron chi connectivity index (χ2n) is 4.03. The number of pyridine rings is 1. The van der Waals surface area contributed by atoms with Gasteiger partial charge in [-0.05, 0) is 24.8 Å². The van der Waals surface area contributed by atoms with Gasteiger partial charge in [0.1, 0.15) is 11.6 Å². The third-order valence-electron chi connectivity index (χ3n) is 2.69. The third-order valence-corrected chi connectivity index (χ3v) is 3.24. The van der Waals surface area contributed by atoms with E-state index >= 15 is 0 Å². The maximum absolute atomic E-state index is 4.45. The van der Waals surface area contributed by atoms with Gasteiger partial charge in [0.2, 0.25) is 0 Å². The van der Waals surface area contributed by atoms with E-state index in [0.29, 0.717) is 0 Å². The van der Waals surface area contributed by atoms with Crippen molar-refractivity contribution in [2.75, 3.05) is 23.9 Å². The lowest BCUT2D eigenvalue weighted by Crippen LogP contribution is -2.09. The fourth-order valence-electron chi connectivity index (χ4n) is 1.66. The predicted molar refractivity (Wildman–Crippen MR) is 79.6 cm³/mol. The molecule has 6 heteroatoms. The Balaban J connectivity index is 2.18. The molecule has 0 aromatic carbocycles. The molecule has 19 heavy (non-hydrogen) atoms. The molecular weight excluding hydrogens is 258 g/mol. The number of nitrogens with one attached hydrogen (secondary N) is 2. The first-order valence-corrected chi connectivity index (χ1v) is 7.22. The van der Waals surface area contributed by atoms with Crippen molar-refractivity contribution in [2.24, 2.45) is 0 Å². The van der Waals surface area contributed by atoms with E-state index in [0.717, 1.165) is 22.4 Å². The number of anilines is 2. The monoisotopic (exact) mass is 275 g/mol. The van der Waals surface area contributed by atoms with E-state index in [4.69, 9.17) is 0 Å². The summed E-state index contributed by atoms with van der Waals surface area (Å²) in [4.78, 5) is 12.9. The molecular formula is C13H17N5S. The summed E-state index contributed by atoms with van der Waals surface area (Å²) in [5.41, 5.74) is 1.12. The fraction of sp³-hybridized carbons (Fsp3) is 0.308. The summed E-state index contributed by atoms with van der Waals surface area (Å²) in [6.45, 7) is 2.08. The molecule has 0 fully saturated rings. The Kier molecular flexibility index (Phi) is 4.57. The van der Waals surface area contributed by atoms with E-state index in [9.17, 15) is 0 Å². The van der Waals surface area contributed by atoms with Crippen LogP contribution >= 0.6 is 11.8 Å². The van der Waals surface area contributed by atoms with Gasteiger partial charge in [0, 0.05) is 25.5 Å². The molecule has 0 aliphatic rings. The van der Waals surface area contributed by atoms with Gasteiger partial charge in [-0.15, -0.1) is 0 Å². The highest BCUT2D eigenvalue weighted by molar-refractivity contribution is 7.98. The van der Waals surface area contributed by atoms with Crippen molar-refractivity contribution in [1.29, 1.82) is 0 Å². The van der Waals surface area contributed by atoms with Gasteiger partial charge in [0.05, 0.1) is 6.04 Å². The molecule has 2 N–H and O–H groups in total. The number of hydrogen-bond donors (Lipinski definition) is 2. The Morgan fingerprint density at radius 1 is 1.26 bits per heavy atom. The highest BCUT2D eigenvalue weighted by Crippen LogP contribution is 2.21. The highest BCUT2D eigenvalue weighted by atomic mass is 32.2. The van der Waals surface area contributed by atoms with Crippen molar-refractivity contribution < 1.29 is 0 Å². The van der Waals surface area contributed by atoms with Gasteiger partial charge in [-0.25, -0.2) is 9.97 Å². The zero-order chi connectivity index (χ0) is 13.7. The van der Waals surface area contributed by atoms with E-state index in [2.05, 4.69) is 32.5 Å². The standard InChI is InChI=1S/C13H17N5S/c1-9(10-5-4-6-15-8-10)16-12-7-11(14-2)17-13(18-12)19-3/h4-9H,1-3H3,(H2,14,16,17,18). The molecule has 0 bridgehead atoms. The summed E-state index contributed by atoms with van der Waals surface area (Å²) in [5, 5.41) is 7.14. The Morgan fingerprint density at radius 2 is 2.05 bits per heavy atom. The normalized spacial score (nSPS) is 11.9. The quantitative estimate of drug-likeness (QED) is 0.646. The van der Waals surface area contributed by atoms with Crippen LogP contribution in [0.15, 0.2) is 35.7 Å². The second kappa shape index (κ2) is 6.38. The van der Waals surface area contributed by atoms with Crippen LogP contribution in [0, 0.1) is 0 Å². The van der Waals surface area contributed by atoms with Gasteiger partial charge < -0.3 is 10.6 Å². The summed E-state index contributed by atoms with van der Waals surface area (Å²) in [6.07, 6.45) is 5.59. The van der Waals surface area contributed by atoms with Gasteiger partial charge >= 0.3 is 0 Å². The maximum atomic E-state index is 4.45. The molecule has 0 spiro atoms. The second-order valence-corrected chi connectivity index (χ2v) is 4.80. The SMILES string of the molecule is CNc1cc(NC(C)c2cccnc2)nc(SC)n1. The average Bonchev–Trinajstić information content (AvgIpc) is 2.47. The highest BCUT2D eigenvalue weighted by Gasteiger charge is 2.08. The molecule has 0 saturated heterocycles. The molecule has 5 nitrogen and oxygen atoms in total. The molecule has 0 saturated carbocycles. The molecule has 0 radical (unpaired) electrons. The van der Waals surface area contributed by atoms with Crippen molar-refractivity contribution in [1.82, 2.24) is 15.0 Å². The fourth-order valence-corrected chi connectivity index (χ4v) is 2.03. The van der Waals surface area contributed by atoms with Crippen molar-refractivity contribution >= 4 is 23.4 Å². The van der Waals surface area contributed by atoms with Gasteiger partial charge in [-0.1, -0.05) is 17.8 Å². The Hall–Kier alpha value is -1.82. The van der Waals surface area contributed by atoms with E-state index in [1.807, 2.05) is 37.7 Å². The van der Waals surface area contributed by atoms with Gasteiger partial charge in [-0.3, -0.25) is 4.98 Å². The third kappa shape index (κ3) is 3.57. The summed E-state index contributed by atoms with van der Waals surface area (Å²) < 4.78 is 0. The molecule has 0 amide bonds. The molecule has 1 atom stereocenters.